The molecule has 0 N–H and O–H groups in total. The van der Waals surface area contributed by atoms with Crippen molar-refractivity contribution in [3.8, 4) is 5.75 Å². The number of nitrogens with zero attached hydrogens (tertiary/aromatic N) is 2. The molecular formula is C25H27F3N2O3. The van der Waals surface area contributed by atoms with E-state index in [9.17, 15) is 22.8 Å². The summed E-state index contributed by atoms with van der Waals surface area (Å²) in [5, 5.41) is 0. The van der Waals surface area contributed by atoms with E-state index in [1.165, 1.54) is 12.1 Å². The molecule has 33 heavy (non-hydrogen) atoms. The normalized spacial score (nSPS) is 14.6. The number of likely N-dealkylation sites (tertiary alicyclic amines) is 1. The first-order valence-electron chi connectivity index (χ1n) is 10.7. The molecule has 2 amide bonds. The number of hydrogen-bond donors (Lipinski definition) is 0. The summed E-state index contributed by atoms with van der Waals surface area (Å²) in [6.45, 7) is 5.36. The highest BCUT2D eigenvalue weighted by Crippen LogP contribution is 2.29. The van der Waals surface area contributed by atoms with Crippen LogP contribution in [-0.2, 0) is 17.5 Å². The summed E-state index contributed by atoms with van der Waals surface area (Å²) >= 11 is 0. The maximum absolute atomic E-state index is 13.1. The molecule has 2 aromatic rings. The summed E-state index contributed by atoms with van der Waals surface area (Å²) in [5.74, 6) is 0.202. The van der Waals surface area contributed by atoms with Crippen LogP contribution >= 0.6 is 0 Å². The second-order valence-electron chi connectivity index (χ2n) is 8.00. The summed E-state index contributed by atoms with van der Waals surface area (Å²) in [5.41, 5.74) is 0.393. The lowest BCUT2D eigenvalue weighted by atomic mass is 9.94. The predicted molar refractivity (Wildman–Crippen MR) is 119 cm³/mol. The highest BCUT2D eigenvalue weighted by Gasteiger charge is 2.32. The van der Waals surface area contributed by atoms with Gasteiger partial charge in [-0.2, -0.15) is 13.2 Å². The smallest absolute Gasteiger partial charge is 0.416 e. The third-order valence-electron chi connectivity index (χ3n) is 5.78. The van der Waals surface area contributed by atoms with Gasteiger partial charge in [-0.15, -0.1) is 6.58 Å². The van der Waals surface area contributed by atoms with Crippen molar-refractivity contribution in [2.24, 2.45) is 5.92 Å². The van der Waals surface area contributed by atoms with Crippen LogP contribution in [0.4, 0.5) is 13.2 Å². The zero-order chi connectivity index (χ0) is 24.0. The van der Waals surface area contributed by atoms with Crippen molar-refractivity contribution in [3.05, 3.63) is 77.9 Å². The molecule has 3 rings (SSSR count). The molecule has 1 saturated heterocycles. The first-order chi connectivity index (χ1) is 15.7. The zero-order valence-corrected chi connectivity index (χ0v) is 18.5. The van der Waals surface area contributed by atoms with Gasteiger partial charge in [-0.3, -0.25) is 9.59 Å². The lowest BCUT2D eigenvalue weighted by Gasteiger charge is -2.34. The molecule has 1 aliphatic rings. The van der Waals surface area contributed by atoms with Crippen LogP contribution < -0.4 is 4.74 Å². The number of amides is 2. The maximum atomic E-state index is 13.1. The van der Waals surface area contributed by atoms with E-state index in [1.54, 1.807) is 23.0 Å². The largest absolute Gasteiger partial charge is 0.497 e. The van der Waals surface area contributed by atoms with E-state index in [2.05, 4.69) is 6.58 Å². The van der Waals surface area contributed by atoms with Crippen molar-refractivity contribution < 1.29 is 27.5 Å². The molecule has 0 spiro atoms. The summed E-state index contributed by atoms with van der Waals surface area (Å²) in [6.07, 6.45) is -1.75. The Morgan fingerprint density at radius 2 is 1.70 bits per heavy atom. The Morgan fingerprint density at radius 3 is 2.21 bits per heavy atom. The van der Waals surface area contributed by atoms with Crippen LogP contribution in [0.3, 0.4) is 0 Å². The van der Waals surface area contributed by atoms with Gasteiger partial charge in [-0.25, -0.2) is 0 Å². The molecule has 1 aliphatic heterocycles. The maximum Gasteiger partial charge on any atom is 0.416 e. The Hall–Kier alpha value is -3.29. The van der Waals surface area contributed by atoms with E-state index in [-0.39, 0.29) is 23.3 Å². The standard InChI is InChI=1S/C25H27F3N2O3/c1-3-14-30(17-18-4-10-22(33-2)11-5-18)24(32)20-12-15-29(16-13-20)23(31)19-6-8-21(9-7-19)25(26,27)28/h3-11,20H,1,12-17H2,2H3. The van der Waals surface area contributed by atoms with Crippen molar-refractivity contribution in [1.82, 2.24) is 9.80 Å². The predicted octanol–water partition coefficient (Wildman–Crippen LogP) is 4.78. The Bertz CT molecular complexity index is 964. The molecular weight excluding hydrogens is 433 g/mol. The van der Waals surface area contributed by atoms with Gasteiger partial charge < -0.3 is 14.5 Å². The fraction of sp³-hybridized carbons (Fsp3) is 0.360. The van der Waals surface area contributed by atoms with Gasteiger partial charge in [0.1, 0.15) is 5.75 Å². The van der Waals surface area contributed by atoms with Crippen molar-refractivity contribution in [2.75, 3.05) is 26.7 Å². The van der Waals surface area contributed by atoms with Crippen LogP contribution in [0.15, 0.2) is 61.2 Å². The van der Waals surface area contributed by atoms with Crippen molar-refractivity contribution >= 4 is 11.8 Å². The highest BCUT2D eigenvalue weighted by molar-refractivity contribution is 5.94. The molecule has 5 nitrogen and oxygen atoms in total. The number of benzene rings is 2. The van der Waals surface area contributed by atoms with Crippen molar-refractivity contribution in [2.45, 2.75) is 25.6 Å². The van der Waals surface area contributed by atoms with Crippen LogP contribution in [-0.4, -0.2) is 48.4 Å². The third-order valence-corrected chi connectivity index (χ3v) is 5.78. The monoisotopic (exact) mass is 460 g/mol. The van der Waals surface area contributed by atoms with E-state index in [0.29, 0.717) is 39.0 Å². The summed E-state index contributed by atoms with van der Waals surface area (Å²) in [7, 11) is 1.59. The van der Waals surface area contributed by atoms with E-state index >= 15 is 0 Å². The van der Waals surface area contributed by atoms with Crippen LogP contribution in [0.2, 0.25) is 0 Å². The molecule has 8 heteroatoms. The van der Waals surface area contributed by atoms with Gasteiger partial charge in [0.2, 0.25) is 5.91 Å². The molecule has 0 radical (unpaired) electrons. The molecule has 176 valence electrons. The van der Waals surface area contributed by atoms with Gasteiger partial charge in [0.25, 0.3) is 5.91 Å². The first kappa shape index (κ1) is 24.4. The molecule has 0 aliphatic carbocycles. The van der Waals surface area contributed by atoms with E-state index in [4.69, 9.17) is 4.74 Å². The molecule has 0 saturated carbocycles. The molecule has 0 unspecified atom stereocenters. The lowest BCUT2D eigenvalue weighted by Crippen LogP contribution is -2.44. The van der Waals surface area contributed by atoms with Gasteiger partial charge in [-0.05, 0) is 54.8 Å². The van der Waals surface area contributed by atoms with Crippen LogP contribution in [0.25, 0.3) is 0 Å². The van der Waals surface area contributed by atoms with Gasteiger partial charge in [0, 0.05) is 37.7 Å². The number of piperidine rings is 1. The Balaban J connectivity index is 1.59. The number of carbonyl (C=O) groups excluding carboxylic acids is 2. The van der Waals surface area contributed by atoms with Crippen molar-refractivity contribution in [3.63, 3.8) is 0 Å². The lowest BCUT2D eigenvalue weighted by molar-refractivity contribution is -0.138. The minimum absolute atomic E-state index is 0.00680. The second kappa shape index (κ2) is 10.6. The topological polar surface area (TPSA) is 49.9 Å². The molecule has 0 atom stereocenters. The number of carbonyl (C=O) groups is 2. The second-order valence-corrected chi connectivity index (χ2v) is 8.00. The molecule has 0 bridgehead atoms. The van der Waals surface area contributed by atoms with Gasteiger partial charge in [0.15, 0.2) is 0 Å². The summed E-state index contributed by atoms with van der Waals surface area (Å²) in [6, 6.07) is 11.7. The van der Waals surface area contributed by atoms with Crippen LogP contribution in [0.1, 0.15) is 34.3 Å². The number of rotatable bonds is 7. The summed E-state index contributed by atoms with van der Waals surface area (Å²) < 4.78 is 43.4. The van der Waals surface area contributed by atoms with E-state index in [0.717, 1.165) is 23.4 Å². The Kier molecular flexibility index (Phi) is 7.79. The number of alkyl halides is 3. The highest BCUT2D eigenvalue weighted by atomic mass is 19.4. The fourth-order valence-electron chi connectivity index (χ4n) is 3.91. The zero-order valence-electron chi connectivity index (χ0n) is 18.5. The SMILES string of the molecule is C=CCN(Cc1ccc(OC)cc1)C(=O)C1CCN(C(=O)c2ccc(C(F)(F)F)cc2)CC1. The van der Waals surface area contributed by atoms with E-state index < -0.39 is 11.7 Å². The molecule has 0 aromatic heterocycles. The Morgan fingerprint density at radius 1 is 1.09 bits per heavy atom. The van der Waals surface area contributed by atoms with Crippen LogP contribution in [0, 0.1) is 5.92 Å². The average Bonchev–Trinajstić information content (AvgIpc) is 2.83. The number of halogens is 3. The number of ether oxygens (including phenoxy) is 1. The minimum atomic E-state index is -4.44. The Labute approximate surface area is 191 Å². The van der Waals surface area contributed by atoms with Crippen LogP contribution in [0.5, 0.6) is 5.75 Å². The molecule has 1 heterocycles. The minimum Gasteiger partial charge on any atom is -0.497 e. The molecule has 1 fully saturated rings. The third kappa shape index (κ3) is 6.15. The summed E-state index contributed by atoms with van der Waals surface area (Å²) in [4.78, 5) is 29.2. The van der Waals surface area contributed by atoms with Crippen molar-refractivity contribution in [1.29, 1.82) is 0 Å². The van der Waals surface area contributed by atoms with E-state index in [1.807, 2.05) is 24.3 Å². The average molecular weight is 460 g/mol. The quantitative estimate of drug-likeness (QED) is 0.559. The first-order valence-corrected chi connectivity index (χ1v) is 10.7. The number of hydrogen-bond acceptors (Lipinski definition) is 3. The fourth-order valence-corrected chi connectivity index (χ4v) is 3.91. The van der Waals surface area contributed by atoms with Gasteiger partial charge >= 0.3 is 6.18 Å². The number of methoxy groups -OCH3 is 1. The molecule has 2 aromatic carbocycles. The van der Waals surface area contributed by atoms with Gasteiger partial charge in [-0.1, -0.05) is 18.2 Å². The van der Waals surface area contributed by atoms with Gasteiger partial charge in [0.05, 0.1) is 12.7 Å².